The monoisotopic (exact) mass is 233 g/mol. The molecule has 0 saturated heterocycles. The van der Waals surface area contributed by atoms with Gasteiger partial charge in [0, 0.05) is 5.56 Å². The number of nitrogens with one attached hydrogen (secondary N) is 1. The largest absolute Gasteiger partial charge is 0.497 e. The summed E-state index contributed by atoms with van der Waals surface area (Å²) in [7, 11) is 1.57. The van der Waals surface area contributed by atoms with E-state index in [1.165, 1.54) is 6.33 Å². The Labute approximate surface area is 97.5 Å². The van der Waals surface area contributed by atoms with Crippen LogP contribution in [0.5, 0.6) is 5.75 Å². The van der Waals surface area contributed by atoms with Gasteiger partial charge in [-0.1, -0.05) is 11.6 Å². The second-order valence-corrected chi connectivity index (χ2v) is 3.49. The molecule has 0 spiro atoms. The zero-order valence-electron chi connectivity index (χ0n) is 8.49. The summed E-state index contributed by atoms with van der Waals surface area (Å²) in [5, 5.41) is 9.37. The molecule has 4 nitrogen and oxygen atoms in total. The van der Waals surface area contributed by atoms with Crippen LogP contribution in [0.4, 0.5) is 0 Å². The van der Waals surface area contributed by atoms with Crippen LogP contribution in [0.1, 0.15) is 5.69 Å². The molecule has 5 heteroatoms. The van der Waals surface area contributed by atoms with Gasteiger partial charge in [0.1, 0.15) is 11.8 Å². The van der Waals surface area contributed by atoms with Crippen LogP contribution in [0.25, 0.3) is 11.3 Å². The first-order valence-electron chi connectivity index (χ1n) is 4.53. The van der Waals surface area contributed by atoms with Crippen molar-refractivity contribution in [1.82, 2.24) is 9.97 Å². The fourth-order valence-corrected chi connectivity index (χ4v) is 1.67. The van der Waals surface area contributed by atoms with Crippen molar-refractivity contribution in [2.24, 2.45) is 0 Å². The minimum Gasteiger partial charge on any atom is -0.497 e. The molecule has 0 radical (unpaired) electrons. The number of nitrogens with zero attached hydrogens (tertiary/aromatic N) is 2. The van der Waals surface area contributed by atoms with Crippen LogP contribution < -0.4 is 4.74 Å². The highest BCUT2D eigenvalue weighted by molar-refractivity contribution is 6.33. The molecule has 1 heterocycles. The van der Waals surface area contributed by atoms with E-state index in [2.05, 4.69) is 9.97 Å². The predicted molar refractivity (Wildman–Crippen MR) is 60.3 cm³/mol. The normalized spacial score (nSPS) is 9.81. The van der Waals surface area contributed by atoms with E-state index in [4.69, 9.17) is 21.6 Å². The van der Waals surface area contributed by atoms with Crippen molar-refractivity contribution in [2.45, 2.75) is 0 Å². The van der Waals surface area contributed by atoms with Gasteiger partial charge in [0.15, 0.2) is 5.69 Å². The molecular weight excluding hydrogens is 226 g/mol. The molecule has 0 aliphatic rings. The summed E-state index contributed by atoms with van der Waals surface area (Å²) >= 11 is 6.09. The van der Waals surface area contributed by atoms with Gasteiger partial charge in [0.25, 0.3) is 0 Å². The lowest BCUT2D eigenvalue weighted by Crippen LogP contribution is -1.87. The fourth-order valence-electron chi connectivity index (χ4n) is 1.41. The summed E-state index contributed by atoms with van der Waals surface area (Å²) in [6.45, 7) is 0. The Bertz CT molecular complexity index is 557. The summed E-state index contributed by atoms with van der Waals surface area (Å²) in [6.07, 6.45) is 1.47. The highest BCUT2D eigenvalue weighted by Crippen LogP contribution is 2.31. The summed E-state index contributed by atoms with van der Waals surface area (Å²) in [5.41, 5.74) is 1.68. The van der Waals surface area contributed by atoms with Gasteiger partial charge in [0.2, 0.25) is 0 Å². The summed E-state index contributed by atoms with van der Waals surface area (Å²) in [6, 6.07) is 7.26. The van der Waals surface area contributed by atoms with E-state index in [9.17, 15) is 0 Å². The van der Waals surface area contributed by atoms with Crippen LogP contribution in [0.2, 0.25) is 5.02 Å². The Morgan fingerprint density at radius 3 is 2.94 bits per heavy atom. The molecule has 80 valence electrons. The first-order chi connectivity index (χ1) is 7.76. The molecule has 1 aromatic carbocycles. The molecule has 0 unspecified atom stereocenters. The van der Waals surface area contributed by atoms with Crippen molar-refractivity contribution in [1.29, 1.82) is 5.26 Å². The Morgan fingerprint density at radius 1 is 1.50 bits per heavy atom. The lowest BCUT2D eigenvalue weighted by atomic mass is 10.1. The number of aromatic nitrogens is 2. The van der Waals surface area contributed by atoms with Gasteiger partial charge in [-0.3, -0.25) is 0 Å². The zero-order chi connectivity index (χ0) is 11.5. The van der Waals surface area contributed by atoms with Crippen molar-refractivity contribution in [3.8, 4) is 23.1 Å². The maximum Gasteiger partial charge on any atom is 0.166 e. The third-order valence-corrected chi connectivity index (χ3v) is 2.50. The number of halogens is 1. The third-order valence-electron chi connectivity index (χ3n) is 2.19. The standard InChI is InChI=1S/C11H8ClN3O/c1-16-7-2-3-8(9(12)4-7)11-10(5-13)14-6-15-11/h2-4,6H,1H3,(H,14,15). The Hall–Kier alpha value is -1.99. The van der Waals surface area contributed by atoms with Crippen LogP contribution in [-0.4, -0.2) is 17.1 Å². The van der Waals surface area contributed by atoms with Crippen molar-refractivity contribution < 1.29 is 4.74 Å². The van der Waals surface area contributed by atoms with Crippen LogP contribution in [0, 0.1) is 11.3 Å². The zero-order valence-corrected chi connectivity index (χ0v) is 9.25. The first-order valence-corrected chi connectivity index (χ1v) is 4.91. The number of hydrogen-bond acceptors (Lipinski definition) is 3. The summed E-state index contributed by atoms with van der Waals surface area (Å²) in [4.78, 5) is 6.78. The number of imidazole rings is 1. The van der Waals surface area contributed by atoms with Crippen LogP contribution in [-0.2, 0) is 0 Å². The molecule has 0 amide bonds. The van der Waals surface area contributed by atoms with Crippen molar-refractivity contribution in [3.63, 3.8) is 0 Å². The summed E-state index contributed by atoms with van der Waals surface area (Å²) < 4.78 is 5.05. The lowest BCUT2D eigenvalue weighted by Gasteiger charge is -2.04. The highest BCUT2D eigenvalue weighted by Gasteiger charge is 2.11. The minimum atomic E-state index is 0.326. The second kappa shape index (κ2) is 4.25. The molecule has 16 heavy (non-hydrogen) atoms. The van der Waals surface area contributed by atoms with Gasteiger partial charge in [0.05, 0.1) is 24.2 Å². The van der Waals surface area contributed by atoms with Crippen molar-refractivity contribution in [3.05, 3.63) is 35.2 Å². The van der Waals surface area contributed by atoms with Gasteiger partial charge < -0.3 is 9.72 Å². The maximum absolute atomic E-state index is 8.86. The highest BCUT2D eigenvalue weighted by atomic mass is 35.5. The molecule has 2 aromatic rings. The van der Waals surface area contributed by atoms with Crippen molar-refractivity contribution >= 4 is 11.6 Å². The SMILES string of the molecule is COc1ccc(-c2[nH]cnc2C#N)c(Cl)c1. The maximum atomic E-state index is 8.86. The Kier molecular flexibility index (Phi) is 2.80. The number of hydrogen-bond donors (Lipinski definition) is 1. The molecular formula is C11H8ClN3O. The number of nitriles is 1. The average molecular weight is 234 g/mol. The quantitative estimate of drug-likeness (QED) is 0.867. The van der Waals surface area contributed by atoms with Crippen molar-refractivity contribution in [2.75, 3.05) is 7.11 Å². The van der Waals surface area contributed by atoms with Gasteiger partial charge in [-0.25, -0.2) is 4.98 Å². The number of rotatable bonds is 2. The molecule has 1 N–H and O–H groups in total. The number of benzene rings is 1. The smallest absolute Gasteiger partial charge is 0.166 e. The molecule has 0 aliphatic heterocycles. The molecule has 0 atom stereocenters. The van der Waals surface area contributed by atoms with Crippen LogP contribution in [0.15, 0.2) is 24.5 Å². The number of aromatic amines is 1. The van der Waals surface area contributed by atoms with E-state index in [1.54, 1.807) is 25.3 Å². The second-order valence-electron chi connectivity index (χ2n) is 3.08. The van der Waals surface area contributed by atoms with Gasteiger partial charge in [-0.2, -0.15) is 5.26 Å². The Morgan fingerprint density at radius 2 is 2.31 bits per heavy atom. The van der Waals surface area contributed by atoms with Crippen LogP contribution >= 0.6 is 11.6 Å². The number of H-pyrrole nitrogens is 1. The van der Waals surface area contributed by atoms with Gasteiger partial charge >= 0.3 is 0 Å². The number of methoxy groups -OCH3 is 1. The summed E-state index contributed by atoms with van der Waals surface area (Å²) in [5.74, 6) is 0.673. The molecule has 0 aliphatic carbocycles. The molecule has 0 bridgehead atoms. The minimum absolute atomic E-state index is 0.326. The van der Waals surface area contributed by atoms with Crippen LogP contribution in [0.3, 0.4) is 0 Å². The van der Waals surface area contributed by atoms with E-state index < -0.39 is 0 Å². The average Bonchev–Trinajstić information content (AvgIpc) is 2.76. The lowest BCUT2D eigenvalue weighted by molar-refractivity contribution is 0.415. The molecule has 0 saturated carbocycles. The fraction of sp³-hybridized carbons (Fsp3) is 0.0909. The first kappa shape index (κ1) is 10.5. The van der Waals surface area contributed by atoms with E-state index in [0.717, 1.165) is 5.56 Å². The van der Waals surface area contributed by atoms with E-state index in [0.29, 0.717) is 22.2 Å². The topological polar surface area (TPSA) is 61.7 Å². The van der Waals surface area contributed by atoms with E-state index in [1.807, 2.05) is 6.07 Å². The van der Waals surface area contributed by atoms with Gasteiger partial charge in [-0.15, -0.1) is 0 Å². The number of ether oxygens (including phenoxy) is 1. The Balaban J connectivity index is 2.53. The molecule has 0 fully saturated rings. The molecule has 1 aromatic heterocycles. The van der Waals surface area contributed by atoms with E-state index in [-0.39, 0.29) is 0 Å². The molecule has 2 rings (SSSR count). The third kappa shape index (κ3) is 1.73. The predicted octanol–water partition coefficient (Wildman–Crippen LogP) is 2.61. The van der Waals surface area contributed by atoms with Gasteiger partial charge in [-0.05, 0) is 18.2 Å². The van der Waals surface area contributed by atoms with E-state index >= 15 is 0 Å².